The molecule has 0 unspecified atom stereocenters. The lowest BCUT2D eigenvalue weighted by Gasteiger charge is -2.11. The first-order valence-corrected chi connectivity index (χ1v) is 7.45. The van der Waals surface area contributed by atoms with Crippen LogP contribution in [0.1, 0.15) is 27.2 Å². The Balaban J connectivity index is 2.63. The third-order valence-electron chi connectivity index (χ3n) is 2.32. The fourth-order valence-corrected chi connectivity index (χ4v) is 2.19. The molecule has 0 saturated heterocycles. The van der Waals surface area contributed by atoms with Gasteiger partial charge in [0.1, 0.15) is 6.61 Å². The number of nitrogens with one attached hydrogen (secondary N) is 1. The second-order valence-corrected chi connectivity index (χ2v) is 5.67. The summed E-state index contributed by atoms with van der Waals surface area (Å²) >= 11 is 1.75. The van der Waals surface area contributed by atoms with Crippen LogP contribution in [-0.2, 0) is 9.53 Å². The molecule has 0 bridgehead atoms. The van der Waals surface area contributed by atoms with E-state index in [0.29, 0.717) is 11.4 Å². The van der Waals surface area contributed by atoms with E-state index < -0.39 is 0 Å². The van der Waals surface area contributed by atoms with Crippen LogP contribution in [0.4, 0.5) is 11.4 Å². The largest absolute Gasteiger partial charge is 0.397 e. The number of anilines is 2. The number of benzene rings is 1. The summed E-state index contributed by atoms with van der Waals surface area (Å²) in [5.74, 6) is 0.867. The minimum Gasteiger partial charge on any atom is -0.397 e. The van der Waals surface area contributed by atoms with Crippen LogP contribution >= 0.6 is 11.8 Å². The van der Waals surface area contributed by atoms with Gasteiger partial charge in [-0.15, -0.1) is 11.8 Å². The first-order chi connectivity index (χ1) is 9.02. The topological polar surface area (TPSA) is 64.3 Å². The van der Waals surface area contributed by atoms with E-state index >= 15 is 0 Å². The van der Waals surface area contributed by atoms with Gasteiger partial charge in [-0.05, 0) is 44.2 Å². The lowest BCUT2D eigenvalue weighted by Crippen LogP contribution is -2.21. The highest BCUT2D eigenvalue weighted by Gasteiger charge is 2.07. The van der Waals surface area contributed by atoms with Gasteiger partial charge in [0.05, 0.1) is 17.5 Å². The molecule has 106 valence electrons. The standard InChI is InChI=1S/C14H22N2O2S/c1-4-7-19-11-5-6-12(15)13(8-11)16-14(17)9-18-10(2)3/h5-6,8,10H,4,7,9,15H2,1-3H3,(H,16,17). The van der Waals surface area contributed by atoms with E-state index in [9.17, 15) is 4.79 Å². The monoisotopic (exact) mass is 282 g/mol. The fraction of sp³-hybridized carbons (Fsp3) is 0.500. The number of carbonyl (C=O) groups is 1. The van der Waals surface area contributed by atoms with Gasteiger partial charge < -0.3 is 15.8 Å². The van der Waals surface area contributed by atoms with Gasteiger partial charge in [-0.3, -0.25) is 4.79 Å². The molecule has 1 aromatic carbocycles. The van der Waals surface area contributed by atoms with E-state index in [-0.39, 0.29) is 18.6 Å². The summed E-state index contributed by atoms with van der Waals surface area (Å²) in [5, 5.41) is 2.78. The molecule has 0 fully saturated rings. The van der Waals surface area contributed by atoms with Crippen molar-refractivity contribution < 1.29 is 9.53 Å². The van der Waals surface area contributed by atoms with Crippen molar-refractivity contribution in [2.45, 2.75) is 38.2 Å². The van der Waals surface area contributed by atoms with Gasteiger partial charge in [0, 0.05) is 4.90 Å². The highest BCUT2D eigenvalue weighted by atomic mass is 32.2. The molecular formula is C14H22N2O2S. The van der Waals surface area contributed by atoms with E-state index in [1.807, 2.05) is 32.0 Å². The van der Waals surface area contributed by atoms with Crippen molar-refractivity contribution >= 4 is 29.0 Å². The Bertz CT molecular complexity index is 422. The van der Waals surface area contributed by atoms with Crippen LogP contribution in [0.2, 0.25) is 0 Å². The van der Waals surface area contributed by atoms with Crippen LogP contribution < -0.4 is 11.1 Å². The van der Waals surface area contributed by atoms with Gasteiger partial charge in [0.15, 0.2) is 0 Å². The van der Waals surface area contributed by atoms with Gasteiger partial charge in [-0.1, -0.05) is 6.92 Å². The molecule has 0 aliphatic carbocycles. The average Bonchev–Trinajstić information content (AvgIpc) is 2.37. The van der Waals surface area contributed by atoms with Crippen LogP contribution in [0.3, 0.4) is 0 Å². The van der Waals surface area contributed by atoms with Crippen molar-refractivity contribution in [1.29, 1.82) is 0 Å². The molecule has 0 spiro atoms. The maximum atomic E-state index is 11.7. The Morgan fingerprint density at radius 2 is 2.21 bits per heavy atom. The number of carbonyl (C=O) groups excluding carboxylic acids is 1. The van der Waals surface area contributed by atoms with Crippen molar-refractivity contribution in [2.75, 3.05) is 23.4 Å². The zero-order valence-electron chi connectivity index (χ0n) is 11.7. The van der Waals surface area contributed by atoms with Crippen LogP contribution in [0, 0.1) is 0 Å². The molecule has 0 atom stereocenters. The summed E-state index contributed by atoms with van der Waals surface area (Å²) < 4.78 is 5.25. The number of thioether (sulfide) groups is 1. The molecule has 1 aromatic rings. The first-order valence-electron chi connectivity index (χ1n) is 6.46. The minimum absolute atomic E-state index is 0.0366. The predicted molar refractivity (Wildman–Crippen MR) is 81.6 cm³/mol. The van der Waals surface area contributed by atoms with Crippen LogP contribution in [0.25, 0.3) is 0 Å². The lowest BCUT2D eigenvalue weighted by molar-refractivity contribution is -0.121. The molecule has 0 heterocycles. The molecule has 0 aliphatic rings. The van der Waals surface area contributed by atoms with Crippen molar-refractivity contribution in [2.24, 2.45) is 0 Å². The molecule has 19 heavy (non-hydrogen) atoms. The van der Waals surface area contributed by atoms with Crippen molar-refractivity contribution in [1.82, 2.24) is 0 Å². The number of ether oxygens (including phenoxy) is 1. The number of amides is 1. The molecule has 1 amide bonds. The second-order valence-electron chi connectivity index (χ2n) is 4.51. The van der Waals surface area contributed by atoms with Crippen molar-refractivity contribution in [3.8, 4) is 0 Å². The molecule has 5 heteroatoms. The third kappa shape index (κ3) is 5.98. The van der Waals surface area contributed by atoms with Gasteiger partial charge in [0.2, 0.25) is 5.91 Å². The average molecular weight is 282 g/mol. The summed E-state index contributed by atoms with van der Waals surface area (Å²) in [6, 6.07) is 5.69. The predicted octanol–water partition coefficient (Wildman–Crippen LogP) is 3.13. The van der Waals surface area contributed by atoms with Gasteiger partial charge >= 0.3 is 0 Å². The smallest absolute Gasteiger partial charge is 0.250 e. The number of nitrogens with two attached hydrogens (primary N) is 1. The van der Waals surface area contributed by atoms with Crippen LogP contribution in [0.15, 0.2) is 23.1 Å². The maximum absolute atomic E-state index is 11.7. The van der Waals surface area contributed by atoms with Crippen LogP contribution in [0.5, 0.6) is 0 Å². The fourth-order valence-electron chi connectivity index (χ4n) is 1.38. The molecule has 0 aromatic heterocycles. The summed E-state index contributed by atoms with van der Waals surface area (Å²) in [4.78, 5) is 12.8. The lowest BCUT2D eigenvalue weighted by atomic mass is 10.2. The van der Waals surface area contributed by atoms with E-state index in [2.05, 4.69) is 12.2 Å². The van der Waals surface area contributed by atoms with Gasteiger partial charge in [-0.2, -0.15) is 0 Å². The quantitative estimate of drug-likeness (QED) is 0.595. The molecule has 0 aliphatic heterocycles. The third-order valence-corrected chi connectivity index (χ3v) is 3.52. The summed E-state index contributed by atoms with van der Waals surface area (Å²) in [6.07, 6.45) is 1.15. The molecular weight excluding hydrogens is 260 g/mol. The molecule has 0 saturated carbocycles. The number of nitrogen functional groups attached to an aromatic ring is 1. The maximum Gasteiger partial charge on any atom is 0.250 e. The van der Waals surface area contributed by atoms with E-state index in [1.165, 1.54) is 0 Å². The minimum atomic E-state index is -0.182. The van der Waals surface area contributed by atoms with Gasteiger partial charge in [0.25, 0.3) is 0 Å². The Labute approximate surface area is 119 Å². The Morgan fingerprint density at radius 3 is 2.84 bits per heavy atom. The highest BCUT2D eigenvalue weighted by molar-refractivity contribution is 7.99. The first kappa shape index (κ1) is 15.9. The number of rotatable bonds is 7. The number of hydrogen-bond donors (Lipinski definition) is 2. The van der Waals surface area contributed by atoms with E-state index in [1.54, 1.807) is 11.8 Å². The SMILES string of the molecule is CCCSc1ccc(N)c(NC(=O)COC(C)C)c1. The second kappa shape index (κ2) is 8.07. The number of hydrogen-bond acceptors (Lipinski definition) is 4. The van der Waals surface area contributed by atoms with Crippen LogP contribution in [-0.4, -0.2) is 24.4 Å². The highest BCUT2D eigenvalue weighted by Crippen LogP contribution is 2.27. The Morgan fingerprint density at radius 1 is 1.47 bits per heavy atom. The summed E-state index contributed by atoms with van der Waals surface area (Å²) in [5.41, 5.74) is 7.08. The normalized spacial score (nSPS) is 10.7. The zero-order chi connectivity index (χ0) is 14.3. The zero-order valence-corrected chi connectivity index (χ0v) is 12.5. The molecule has 0 radical (unpaired) electrons. The summed E-state index contributed by atoms with van der Waals surface area (Å²) in [6.45, 7) is 5.97. The Kier molecular flexibility index (Phi) is 6.73. The Hall–Kier alpha value is -1.20. The summed E-state index contributed by atoms with van der Waals surface area (Å²) in [7, 11) is 0. The van der Waals surface area contributed by atoms with E-state index in [0.717, 1.165) is 17.1 Å². The van der Waals surface area contributed by atoms with E-state index in [4.69, 9.17) is 10.5 Å². The van der Waals surface area contributed by atoms with Crippen molar-refractivity contribution in [3.05, 3.63) is 18.2 Å². The molecule has 4 nitrogen and oxygen atoms in total. The molecule has 1 rings (SSSR count). The van der Waals surface area contributed by atoms with Gasteiger partial charge in [-0.25, -0.2) is 0 Å². The van der Waals surface area contributed by atoms with Crippen molar-refractivity contribution in [3.63, 3.8) is 0 Å². The molecule has 3 N–H and O–H groups in total.